The molecule has 1 fully saturated rings. The van der Waals surface area contributed by atoms with Crippen LogP contribution in [0.15, 0.2) is 66.9 Å². The molecule has 1 N–H and O–H groups in total. The van der Waals surface area contributed by atoms with Crippen LogP contribution in [0.25, 0.3) is 0 Å². The van der Waals surface area contributed by atoms with Crippen molar-refractivity contribution in [3.8, 4) is 5.75 Å². The molecule has 190 valence electrons. The van der Waals surface area contributed by atoms with E-state index in [1.54, 1.807) is 6.20 Å². The SMILES string of the molecule is CCC(N[C@@H]1CCN(c2nccc(C)c2C(=O)OC(C)C)C1)c1ccc(OCc2ccccc2)cc1. The van der Waals surface area contributed by atoms with Crippen LogP contribution in [0.1, 0.15) is 66.7 Å². The summed E-state index contributed by atoms with van der Waals surface area (Å²) in [7, 11) is 0. The minimum Gasteiger partial charge on any atom is -0.489 e. The number of benzene rings is 2. The molecular formula is C30H37N3O3. The molecule has 6 heteroatoms. The van der Waals surface area contributed by atoms with E-state index in [1.165, 1.54) is 5.56 Å². The van der Waals surface area contributed by atoms with Crippen molar-refractivity contribution in [3.63, 3.8) is 0 Å². The van der Waals surface area contributed by atoms with Gasteiger partial charge in [-0.05, 0) is 68.5 Å². The van der Waals surface area contributed by atoms with Crippen LogP contribution >= 0.6 is 0 Å². The van der Waals surface area contributed by atoms with Crippen molar-refractivity contribution < 1.29 is 14.3 Å². The van der Waals surface area contributed by atoms with E-state index in [4.69, 9.17) is 9.47 Å². The van der Waals surface area contributed by atoms with Crippen molar-refractivity contribution in [3.05, 3.63) is 89.1 Å². The van der Waals surface area contributed by atoms with E-state index in [-0.39, 0.29) is 18.1 Å². The molecule has 2 heterocycles. The number of anilines is 1. The highest BCUT2D eigenvalue weighted by atomic mass is 16.5. The second-order valence-electron chi connectivity index (χ2n) is 9.68. The van der Waals surface area contributed by atoms with Crippen LogP contribution in [0, 0.1) is 6.92 Å². The molecule has 0 spiro atoms. The Morgan fingerprint density at radius 3 is 2.56 bits per heavy atom. The van der Waals surface area contributed by atoms with Crippen molar-refractivity contribution in [2.45, 2.75) is 65.3 Å². The summed E-state index contributed by atoms with van der Waals surface area (Å²) in [5.74, 6) is 1.29. The van der Waals surface area contributed by atoms with Gasteiger partial charge < -0.3 is 19.7 Å². The Bertz CT molecular complexity index is 1130. The summed E-state index contributed by atoms with van der Waals surface area (Å²) in [5, 5.41) is 3.83. The number of nitrogens with zero attached hydrogens (tertiary/aromatic N) is 2. The number of pyridine rings is 1. The van der Waals surface area contributed by atoms with Crippen LogP contribution in [0.4, 0.5) is 5.82 Å². The van der Waals surface area contributed by atoms with Crippen LogP contribution < -0.4 is 15.0 Å². The van der Waals surface area contributed by atoms with Gasteiger partial charge in [0, 0.05) is 31.4 Å². The van der Waals surface area contributed by atoms with Gasteiger partial charge in [0.2, 0.25) is 0 Å². The van der Waals surface area contributed by atoms with Gasteiger partial charge in [-0.1, -0.05) is 49.4 Å². The highest BCUT2D eigenvalue weighted by Gasteiger charge is 2.29. The van der Waals surface area contributed by atoms with Gasteiger partial charge in [-0.3, -0.25) is 0 Å². The zero-order valence-corrected chi connectivity index (χ0v) is 21.7. The number of esters is 1. The van der Waals surface area contributed by atoms with Gasteiger partial charge in [0.05, 0.1) is 6.10 Å². The normalized spacial score (nSPS) is 16.2. The van der Waals surface area contributed by atoms with Crippen LogP contribution in [0.3, 0.4) is 0 Å². The van der Waals surface area contributed by atoms with Gasteiger partial charge in [0.25, 0.3) is 0 Å². The Balaban J connectivity index is 1.38. The molecule has 6 nitrogen and oxygen atoms in total. The quantitative estimate of drug-likeness (QED) is 0.362. The highest BCUT2D eigenvalue weighted by molar-refractivity contribution is 5.96. The van der Waals surface area contributed by atoms with Gasteiger partial charge in [-0.15, -0.1) is 0 Å². The topological polar surface area (TPSA) is 63.7 Å². The smallest absolute Gasteiger partial charge is 0.342 e. The minimum absolute atomic E-state index is 0.168. The summed E-state index contributed by atoms with van der Waals surface area (Å²) in [6.45, 7) is 10.1. The van der Waals surface area contributed by atoms with E-state index in [0.717, 1.165) is 48.6 Å². The summed E-state index contributed by atoms with van der Waals surface area (Å²) >= 11 is 0. The maximum atomic E-state index is 12.8. The Morgan fingerprint density at radius 1 is 1.11 bits per heavy atom. The molecule has 4 rings (SSSR count). The zero-order chi connectivity index (χ0) is 25.5. The first-order valence-electron chi connectivity index (χ1n) is 12.9. The number of hydrogen-bond acceptors (Lipinski definition) is 6. The third-order valence-corrected chi connectivity index (χ3v) is 6.55. The largest absolute Gasteiger partial charge is 0.489 e. The van der Waals surface area contributed by atoms with E-state index in [0.29, 0.717) is 18.2 Å². The fraction of sp³-hybridized carbons (Fsp3) is 0.400. The first kappa shape index (κ1) is 25.7. The van der Waals surface area contributed by atoms with Crippen molar-refractivity contribution in [1.82, 2.24) is 10.3 Å². The summed E-state index contributed by atoms with van der Waals surface area (Å²) < 4.78 is 11.5. The van der Waals surface area contributed by atoms with E-state index in [1.807, 2.05) is 57.2 Å². The van der Waals surface area contributed by atoms with Gasteiger partial charge in [-0.2, -0.15) is 0 Å². The third kappa shape index (κ3) is 6.43. The van der Waals surface area contributed by atoms with E-state index in [9.17, 15) is 4.79 Å². The number of rotatable bonds is 10. The predicted molar refractivity (Wildman–Crippen MR) is 144 cm³/mol. The molecule has 1 unspecified atom stereocenters. The second-order valence-corrected chi connectivity index (χ2v) is 9.68. The highest BCUT2D eigenvalue weighted by Crippen LogP contribution is 2.28. The molecule has 1 aliphatic heterocycles. The summed E-state index contributed by atoms with van der Waals surface area (Å²) in [6.07, 6.45) is 3.57. The maximum Gasteiger partial charge on any atom is 0.342 e. The summed E-state index contributed by atoms with van der Waals surface area (Å²) in [5.41, 5.74) is 3.87. The minimum atomic E-state index is -0.303. The molecule has 0 amide bonds. The Kier molecular flexibility index (Phi) is 8.60. The fourth-order valence-corrected chi connectivity index (χ4v) is 4.67. The molecule has 2 atom stereocenters. The number of aryl methyl sites for hydroxylation is 1. The molecule has 0 aliphatic carbocycles. The maximum absolute atomic E-state index is 12.8. The van der Waals surface area contributed by atoms with Crippen LogP contribution in [0.5, 0.6) is 5.75 Å². The molecule has 1 aliphatic rings. The van der Waals surface area contributed by atoms with Crippen LogP contribution in [0.2, 0.25) is 0 Å². The monoisotopic (exact) mass is 487 g/mol. The van der Waals surface area contributed by atoms with E-state index in [2.05, 4.69) is 46.4 Å². The number of carbonyl (C=O) groups excluding carboxylic acids is 1. The summed E-state index contributed by atoms with van der Waals surface area (Å²) in [4.78, 5) is 19.6. The van der Waals surface area contributed by atoms with Crippen molar-refractivity contribution in [1.29, 1.82) is 0 Å². The number of aromatic nitrogens is 1. The Hall–Kier alpha value is -3.38. The second kappa shape index (κ2) is 12.0. The third-order valence-electron chi connectivity index (χ3n) is 6.55. The lowest BCUT2D eigenvalue weighted by Gasteiger charge is -2.24. The standard InChI is InChI=1S/C30H37N3O3/c1-5-27(24-11-13-26(14-12-24)35-20-23-9-7-6-8-10-23)32-25-16-18-33(19-25)29-28(22(4)15-17-31-29)30(34)36-21(2)3/h6-15,17,21,25,27,32H,5,16,18-20H2,1-4H3/t25-,27?/m1/s1. The van der Waals surface area contributed by atoms with Crippen LogP contribution in [-0.2, 0) is 11.3 Å². The van der Waals surface area contributed by atoms with Gasteiger partial charge in [0.1, 0.15) is 23.7 Å². The lowest BCUT2D eigenvalue weighted by Crippen LogP contribution is -2.36. The van der Waals surface area contributed by atoms with Gasteiger partial charge in [0.15, 0.2) is 0 Å². The van der Waals surface area contributed by atoms with Crippen molar-refractivity contribution >= 4 is 11.8 Å². The molecule has 3 aromatic rings. The predicted octanol–water partition coefficient (Wildman–Crippen LogP) is 5.85. The molecule has 2 aromatic carbocycles. The Labute approximate surface area is 214 Å². The van der Waals surface area contributed by atoms with Crippen molar-refractivity contribution in [2.75, 3.05) is 18.0 Å². The molecule has 36 heavy (non-hydrogen) atoms. The number of ether oxygens (including phenoxy) is 2. The fourth-order valence-electron chi connectivity index (χ4n) is 4.67. The lowest BCUT2D eigenvalue weighted by molar-refractivity contribution is 0.0377. The average Bonchev–Trinajstić information content (AvgIpc) is 3.35. The van der Waals surface area contributed by atoms with E-state index >= 15 is 0 Å². The number of nitrogens with one attached hydrogen (secondary N) is 1. The zero-order valence-electron chi connectivity index (χ0n) is 21.7. The molecule has 1 saturated heterocycles. The first-order chi connectivity index (χ1) is 17.4. The average molecular weight is 488 g/mol. The molecule has 1 aromatic heterocycles. The summed E-state index contributed by atoms with van der Waals surface area (Å²) in [6, 6.07) is 21.0. The van der Waals surface area contributed by atoms with E-state index < -0.39 is 0 Å². The Morgan fingerprint density at radius 2 is 1.86 bits per heavy atom. The van der Waals surface area contributed by atoms with Crippen molar-refractivity contribution in [2.24, 2.45) is 0 Å². The molecular weight excluding hydrogens is 450 g/mol. The van der Waals surface area contributed by atoms with Gasteiger partial charge >= 0.3 is 5.97 Å². The number of carbonyl (C=O) groups is 1. The lowest BCUT2D eigenvalue weighted by atomic mass is 10.0. The number of hydrogen-bond donors (Lipinski definition) is 1. The molecule has 0 saturated carbocycles. The molecule has 0 radical (unpaired) electrons. The first-order valence-corrected chi connectivity index (χ1v) is 12.9. The van der Waals surface area contributed by atoms with Crippen LogP contribution in [-0.4, -0.2) is 36.2 Å². The van der Waals surface area contributed by atoms with Gasteiger partial charge in [-0.25, -0.2) is 9.78 Å². The molecule has 0 bridgehead atoms.